The smallest absolute Gasteiger partial charge is 0.227 e. The van der Waals surface area contributed by atoms with Crippen LogP contribution in [-0.4, -0.2) is 13.0 Å². The minimum absolute atomic E-state index is 0.104. The molecule has 1 saturated carbocycles. The first kappa shape index (κ1) is 10.0. The molecule has 1 aliphatic carbocycles. The van der Waals surface area contributed by atoms with Gasteiger partial charge in [0.1, 0.15) is 5.75 Å². The van der Waals surface area contributed by atoms with Gasteiger partial charge in [0.05, 0.1) is 12.8 Å². The molecule has 1 fully saturated rings. The van der Waals surface area contributed by atoms with E-state index in [4.69, 9.17) is 4.74 Å². The molecule has 0 saturated heterocycles. The van der Waals surface area contributed by atoms with Gasteiger partial charge in [0.2, 0.25) is 5.91 Å². The highest BCUT2D eigenvalue weighted by atomic mass is 16.5. The molecule has 0 heterocycles. The van der Waals surface area contributed by atoms with Crippen LogP contribution >= 0.6 is 0 Å². The molecule has 3 nitrogen and oxygen atoms in total. The van der Waals surface area contributed by atoms with Crippen LogP contribution in [0.2, 0.25) is 0 Å². The summed E-state index contributed by atoms with van der Waals surface area (Å²) in [5, 5.41) is 2.89. The van der Waals surface area contributed by atoms with E-state index in [-0.39, 0.29) is 11.8 Å². The van der Waals surface area contributed by atoms with Gasteiger partial charge in [0.25, 0.3) is 0 Å². The molecule has 1 amide bonds. The number of rotatable bonds is 3. The molecule has 1 N–H and O–H groups in total. The summed E-state index contributed by atoms with van der Waals surface area (Å²) in [6, 6.07) is 7.46. The highest BCUT2D eigenvalue weighted by Crippen LogP contribution is 2.39. The molecule has 0 aromatic heterocycles. The summed E-state index contributed by atoms with van der Waals surface area (Å²) in [5.74, 6) is 1.53. The van der Waals surface area contributed by atoms with Crippen molar-refractivity contribution in [1.82, 2.24) is 0 Å². The van der Waals surface area contributed by atoms with Gasteiger partial charge in [0, 0.05) is 5.92 Å². The van der Waals surface area contributed by atoms with Crippen LogP contribution in [0, 0.1) is 11.8 Å². The zero-order valence-electron chi connectivity index (χ0n) is 8.99. The monoisotopic (exact) mass is 205 g/mol. The van der Waals surface area contributed by atoms with Gasteiger partial charge in [0.15, 0.2) is 0 Å². The number of para-hydroxylation sites is 2. The summed E-state index contributed by atoms with van der Waals surface area (Å²) in [4.78, 5) is 11.7. The second kappa shape index (κ2) is 3.93. The highest BCUT2D eigenvalue weighted by Gasteiger charge is 2.39. The predicted molar refractivity (Wildman–Crippen MR) is 58.9 cm³/mol. The molecule has 0 aliphatic heterocycles. The summed E-state index contributed by atoms with van der Waals surface area (Å²) in [7, 11) is 1.60. The van der Waals surface area contributed by atoms with Gasteiger partial charge < -0.3 is 10.1 Å². The van der Waals surface area contributed by atoms with E-state index in [1.54, 1.807) is 7.11 Å². The van der Waals surface area contributed by atoms with Crippen molar-refractivity contribution in [3.05, 3.63) is 24.3 Å². The van der Waals surface area contributed by atoms with Crippen molar-refractivity contribution in [3.8, 4) is 5.75 Å². The van der Waals surface area contributed by atoms with E-state index >= 15 is 0 Å². The third-order valence-electron chi connectivity index (χ3n) is 2.81. The quantitative estimate of drug-likeness (QED) is 0.822. The molecule has 2 rings (SSSR count). The van der Waals surface area contributed by atoms with Crippen LogP contribution in [0.15, 0.2) is 24.3 Å². The Hall–Kier alpha value is -1.51. The molecule has 0 unspecified atom stereocenters. The number of carbonyl (C=O) groups excluding carboxylic acids is 1. The van der Waals surface area contributed by atoms with E-state index in [1.165, 1.54) is 0 Å². The zero-order valence-corrected chi connectivity index (χ0v) is 8.99. The van der Waals surface area contributed by atoms with Crippen molar-refractivity contribution in [2.75, 3.05) is 12.4 Å². The Morgan fingerprint density at radius 3 is 2.73 bits per heavy atom. The summed E-state index contributed by atoms with van der Waals surface area (Å²) < 4.78 is 5.16. The summed E-state index contributed by atoms with van der Waals surface area (Å²) >= 11 is 0. The molecule has 2 atom stereocenters. The van der Waals surface area contributed by atoms with Gasteiger partial charge in [-0.1, -0.05) is 19.1 Å². The Morgan fingerprint density at radius 1 is 1.47 bits per heavy atom. The lowest BCUT2D eigenvalue weighted by atomic mass is 10.2. The molecule has 1 aromatic rings. The number of amides is 1. The Bertz CT molecular complexity index is 376. The number of hydrogen-bond donors (Lipinski definition) is 1. The van der Waals surface area contributed by atoms with Gasteiger partial charge in [-0.2, -0.15) is 0 Å². The lowest BCUT2D eigenvalue weighted by molar-refractivity contribution is -0.117. The highest BCUT2D eigenvalue weighted by molar-refractivity contribution is 5.95. The number of anilines is 1. The largest absolute Gasteiger partial charge is 0.495 e. The molecule has 0 spiro atoms. The Morgan fingerprint density at radius 2 is 2.13 bits per heavy atom. The van der Waals surface area contributed by atoms with E-state index < -0.39 is 0 Å². The third-order valence-corrected chi connectivity index (χ3v) is 2.81. The summed E-state index contributed by atoms with van der Waals surface area (Å²) in [6.45, 7) is 2.09. The molecular formula is C12H15NO2. The minimum atomic E-state index is 0.104. The third kappa shape index (κ3) is 2.12. The SMILES string of the molecule is COc1ccccc1NC(=O)[C@@H]1C[C@H]1C. The molecule has 3 heteroatoms. The molecule has 80 valence electrons. The first-order valence-electron chi connectivity index (χ1n) is 5.16. The molecule has 0 bridgehead atoms. The second-order valence-electron chi connectivity index (χ2n) is 4.01. The van der Waals surface area contributed by atoms with Crippen LogP contribution in [0.4, 0.5) is 5.69 Å². The number of benzene rings is 1. The number of nitrogens with one attached hydrogen (secondary N) is 1. The minimum Gasteiger partial charge on any atom is -0.495 e. The zero-order chi connectivity index (χ0) is 10.8. The number of hydrogen-bond acceptors (Lipinski definition) is 2. The van der Waals surface area contributed by atoms with Gasteiger partial charge in [-0.25, -0.2) is 0 Å². The van der Waals surface area contributed by atoms with E-state index in [1.807, 2.05) is 24.3 Å². The van der Waals surface area contributed by atoms with Crippen LogP contribution in [-0.2, 0) is 4.79 Å². The van der Waals surface area contributed by atoms with Crippen LogP contribution in [0.1, 0.15) is 13.3 Å². The Balaban J connectivity index is 2.06. The topological polar surface area (TPSA) is 38.3 Å². The van der Waals surface area contributed by atoms with Crippen molar-refractivity contribution in [1.29, 1.82) is 0 Å². The maximum Gasteiger partial charge on any atom is 0.227 e. The number of ether oxygens (including phenoxy) is 1. The Labute approximate surface area is 89.4 Å². The predicted octanol–water partition coefficient (Wildman–Crippen LogP) is 2.29. The van der Waals surface area contributed by atoms with Crippen molar-refractivity contribution in [3.63, 3.8) is 0 Å². The van der Waals surface area contributed by atoms with Crippen LogP contribution in [0.25, 0.3) is 0 Å². The molecule has 1 aromatic carbocycles. The van der Waals surface area contributed by atoms with Gasteiger partial charge in [-0.3, -0.25) is 4.79 Å². The normalized spacial score (nSPS) is 23.3. The summed E-state index contributed by atoms with van der Waals surface area (Å²) in [5.41, 5.74) is 0.754. The fourth-order valence-corrected chi connectivity index (χ4v) is 1.66. The fourth-order valence-electron chi connectivity index (χ4n) is 1.66. The standard InChI is InChI=1S/C12H15NO2/c1-8-7-9(8)12(14)13-10-5-3-4-6-11(10)15-2/h3-6,8-9H,7H2,1-2H3,(H,13,14)/t8-,9-/m1/s1. The molecule has 15 heavy (non-hydrogen) atoms. The van der Waals surface area contributed by atoms with Crippen molar-refractivity contribution in [2.24, 2.45) is 11.8 Å². The first-order valence-corrected chi connectivity index (χ1v) is 5.16. The number of carbonyl (C=O) groups is 1. The van der Waals surface area contributed by atoms with Crippen molar-refractivity contribution < 1.29 is 9.53 Å². The van der Waals surface area contributed by atoms with E-state index in [0.717, 1.165) is 12.1 Å². The van der Waals surface area contributed by atoms with Gasteiger partial charge in [-0.05, 0) is 24.5 Å². The van der Waals surface area contributed by atoms with E-state index in [9.17, 15) is 4.79 Å². The summed E-state index contributed by atoms with van der Waals surface area (Å²) in [6.07, 6.45) is 1.00. The van der Waals surface area contributed by atoms with Crippen molar-refractivity contribution >= 4 is 11.6 Å². The van der Waals surface area contributed by atoms with E-state index in [0.29, 0.717) is 11.7 Å². The van der Waals surface area contributed by atoms with E-state index in [2.05, 4.69) is 12.2 Å². The maximum absolute atomic E-state index is 11.7. The lowest BCUT2D eigenvalue weighted by Gasteiger charge is -2.09. The average molecular weight is 205 g/mol. The average Bonchev–Trinajstić information content (AvgIpc) is 2.96. The van der Waals surface area contributed by atoms with Gasteiger partial charge in [-0.15, -0.1) is 0 Å². The number of methoxy groups -OCH3 is 1. The lowest BCUT2D eigenvalue weighted by Crippen LogP contribution is -2.14. The first-order chi connectivity index (χ1) is 7.22. The molecule has 0 radical (unpaired) electrons. The van der Waals surface area contributed by atoms with Crippen LogP contribution in [0.3, 0.4) is 0 Å². The van der Waals surface area contributed by atoms with Crippen LogP contribution < -0.4 is 10.1 Å². The maximum atomic E-state index is 11.7. The second-order valence-corrected chi connectivity index (χ2v) is 4.01. The molecule has 1 aliphatic rings. The molecular weight excluding hydrogens is 190 g/mol. The Kier molecular flexibility index (Phi) is 2.62. The van der Waals surface area contributed by atoms with Gasteiger partial charge >= 0.3 is 0 Å². The fraction of sp³-hybridized carbons (Fsp3) is 0.417. The van der Waals surface area contributed by atoms with Crippen molar-refractivity contribution in [2.45, 2.75) is 13.3 Å². The van der Waals surface area contributed by atoms with Crippen LogP contribution in [0.5, 0.6) is 5.75 Å².